The average Bonchev–Trinajstić information content (AvgIpc) is 2.78. The van der Waals surface area contributed by atoms with Crippen molar-refractivity contribution in [1.82, 2.24) is 0 Å². The van der Waals surface area contributed by atoms with Gasteiger partial charge >= 0.3 is 11.9 Å². The maximum absolute atomic E-state index is 13.9. The van der Waals surface area contributed by atoms with E-state index in [1.54, 1.807) is 12.1 Å². The van der Waals surface area contributed by atoms with Crippen molar-refractivity contribution in [2.75, 3.05) is 0 Å². The minimum Gasteiger partial charge on any atom is -0.422 e. The Morgan fingerprint density at radius 2 is 0.906 bits per heavy atom. The highest BCUT2D eigenvalue weighted by molar-refractivity contribution is 5.99. The summed E-state index contributed by atoms with van der Waals surface area (Å²) in [5, 5.41) is 0.616. The summed E-state index contributed by atoms with van der Waals surface area (Å²) in [5.41, 5.74) is -1.18. The highest BCUT2D eigenvalue weighted by Gasteiger charge is 2.20. The molecule has 0 aromatic heterocycles. The van der Waals surface area contributed by atoms with Crippen LogP contribution in [0.3, 0.4) is 0 Å². The van der Waals surface area contributed by atoms with Crippen molar-refractivity contribution in [3.8, 4) is 11.5 Å². The molecule has 8 heteroatoms. The van der Waals surface area contributed by atoms with E-state index in [0.717, 1.165) is 24.3 Å². The number of esters is 2. The van der Waals surface area contributed by atoms with E-state index < -0.39 is 46.3 Å². The molecule has 4 rings (SSSR count). The summed E-state index contributed by atoms with van der Waals surface area (Å²) < 4.78 is 65.1. The van der Waals surface area contributed by atoms with Crippen LogP contribution in [0.1, 0.15) is 20.7 Å². The molecule has 0 aliphatic heterocycles. The largest absolute Gasteiger partial charge is 0.422 e. The molecule has 0 bridgehead atoms. The first-order chi connectivity index (χ1) is 15.4. The molecule has 4 aromatic carbocycles. The van der Waals surface area contributed by atoms with E-state index in [1.165, 1.54) is 36.4 Å². The molecule has 0 unspecified atom stereocenters. The maximum atomic E-state index is 13.9. The van der Waals surface area contributed by atoms with Gasteiger partial charge in [0.15, 0.2) is 23.3 Å². The number of hydrogen-bond acceptors (Lipinski definition) is 4. The molecule has 0 radical (unpaired) electrons. The standard InChI is InChI=1S/C24H12F4O4/c25-17-9-1-7-15(21(17)27)23(29)31-19-11-3-6-14-13(19)5-4-12-20(14)32-24(30)16-8-2-10-18(26)22(16)28/h1-12H. The molecule has 0 N–H and O–H groups in total. The lowest BCUT2D eigenvalue weighted by molar-refractivity contribution is 0.0719. The molecular weight excluding hydrogens is 428 g/mol. The highest BCUT2D eigenvalue weighted by Crippen LogP contribution is 2.33. The number of benzene rings is 4. The van der Waals surface area contributed by atoms with Crippen LogP contribution in [0.4, 0.5) is 17.6 Å². The van der Waals surface area contributed by atoms with Crippen LogP contribution in [0.15, 0.2) is 72.8 Å². The predicted molar refractivity (Wildman–Crippen MR) is 107 cm³/mol. The lowest BCUT2D eigenvalue weighted by atomic mass is 10.1. The molecule has 0 saturated heterocycles. The summed E-state index contributed by atoms with van der Waals surface area (Å²) in [6.45, 7) is 0. The molecular formula is C24H12F4O4. The van der Waals surface area contributed by atoms with Gasteiger partial charge in [-0.1, -0.05) is 36.4 Å². The van der Waals surface area contributed by atoms with Gasteiger partial charge in [0.25, 0.3) is 0 Å². The topological polar surface area (TPSA) is 52.6 Å². The van der Waals surface area contributed by atoms with Crippen LogP contribution in [-0.2, 0) is 0 Å². The second-order valence-electron chi connectivity index (χ2n) is 6.59. The molecule has 0 amide bonds. The van der Waals surface area contributed by atoms with Crippen molar-refractivity contribution in [3.05, 3.63) is 107 Å². The number of fused-ring (bicyclic) bond motifs is 1. The second kappa shape index (κ2) is 8.50. The smallest absolute Gasteiger partial charge is 0.346 e. The zero-order valence-electron chi connectivity index (χ0n) is 16.1. The van der Waals surface area contributed by atoms with Crippen LogP contribution in [-0.4, -0.2) is 11.9 Å². The molecule has 0 saturated carbocycles. The SMILES string of the molecule is O=C(Oc1cccc2c(OC(=O)c3cccc(F)c3F)cccc12)c1cccc(F)c1F. The monoisotopic (exact) mass is 440 g/mol. The Balaban J connectivity index is 1.67. The van der Waals surface area contributed by atoms with Crippen molar-refractivity contribution in [1.29, 1.82) is 0 Å². The summed E-state index contributed by atoms with van der Waals surface area (Å²) in [4.78, 5) is 24.7. The van der Waals surface area contributed by atoms with E-state index >= 15 is 0 Å². The number of hydrogen-bond donors (Lipinski definition) is 0. The van der Waals surface area contributed by atoms with Gasteiger partial charge in [0.2, 0.25) is 0 Å². The van der Waals surface area contributed by atoms with Crippen molar-refractivity contribution in [2.24, 2.45) is 0 Å². The van der Waals surface area contributed by atoms with Crippen LogP contribution in [0.2, 0.25) is 0 Å². The number of carbonyl (C=O) groups excluding carboxylic acids is 2. The first kappa shape index (κ1) is 21.0. The van der Waals surface area contributed by atoms with Crippen LogP contribution in [0.25, 0.3) is 10.8 Å². The van der Waals surface area contributed by atoms with E-state index in [0.29, 0.717) is 10.8 Å². The van der Waals surface area contributed by atoms with E-state index in [-0.39, 0.29) is 11.5 Å². The Hall–Kier alpha value is -4.20. The molecule has 4 aromatic rings. The number of ether oxygens (including phenoxy) is 2. The van der Waals surface area contributed by atoms with Gasteiger partial charge in [-0.25, -0.2) is 27.2 Å². The summed E-state index contributed by atoms with van der Waals surface area (Å²) in [5.74, 6) is -7.35. The molecule has 0 spiro atoms. The van der Waals surface area contributed by atoms with Crippen LogP contribution in [0.5, 0.6) is 11.5 Å². The summed E-state index contributed by atoms with van der Waals surface area (Å²) >= 11 is 0. The fourth-order valence-corrected chi connectivity index (χ4v) is 3.06. The zero-order chi connectivity index (χ0) is 22.8. The third-order valence-corrected chi connectivity index (χ3v) is 4.59. The van der Waals surface area contributed by atoms with Gasteiger partial charge in [-0.2, -0.15) is 0 Å². The van der Waals surface area contributed by atoms with E-state index in [4.69, 9.17) is 9.47 Å². The molecule has 0 atom stereocenters. The van der Waals surface area contributed by atoms with Gasteiger partial charge in [-0.3, -0.25) is 0 Å². The molecule has 160 valence electrons. The minimum absolute atomic E-state index is 0.00834. The van der Waals surface area contributed by atoms with Crippen molar-refractivity contribution >= 4 is 22.7 Å². The number of halogens is 4. The fraction of sp³-hybridized carbons (Fsp3) is 0. The summed E-state index contributed by atoms with van der Waals surface area (Å²) in [7, 11) is 0. The first-order valence-corrected chi connectivity index (χ1v) is 9.21. The zero-order valence-corrected chi connectivity index (χ0v) is 16.1. The third kappa shape index (κ3) is 3.90. The van der Waals surface area contributed by atoms with Gasteiger partial charge in [0.1, 0.15) is 11.5 Å². The maximum Gasteiger partial charge on any atom is 0.346 e. The third-order valence-electron chi connectivity index (χ3n) is 4.59. The lowest BCUT2D eigenvalue weighted by Gasteiger charge is -2.12. The van der Waals surface area contributed by atoms with E-state index in [2.05, 4.69) is 0 Å². The van der Waals surface area contributed by atoms with Crippen LogP contribution >= 0.6 is 0 Å². The van der Waals surface area contributed by atoms with Crippen LogP contribution < -0.4 is 9.47 Å². The Morgan fingerprint density at radius 3 is 1.31 bits per heavy atom. The van der Waals surface area contributed by atoms with Crippen molar-refractivity contribution < 1.29 is 36.6 Å². The average molecular weight is 440 g/mol. The van der Waals surface area contributed by atoms with E-state index in [1.807, 2.05) is 0 Å². The Morgan fingerprint density at radius 1 is 0.531 bits per heavy atom. The van der Waals surface area contributed by atoms with Gasteiger partial charge in [0, 0.05) is 10.8 Å². The van der Waals surface area contributed by atoms with E-state index in [9.17, 15) is 27.2 Å². The quantitative estimate of drug-likeness (QED) is 0.228. The Bertz CT molecular complexity index is 1260. The second-order valence-corrected chi connectivity index (χ2v) is 6.59. The van der Waals surface area contributed by atoms with Gasteiger partial charge in [-0.05, 0) is 36.4 Å². The fourth-order valence-electron chi connectivity index (χ4n) is 3.06. The first-order valence-electron chi connectivity index (χ1n) is 9.21. The van der Waals surface area contributed by atoms with Crippen molar-refractivity contribution in [3.63, 3.8) is 0 Å². The minimum atomic E-state index is -1.34. The molecule has 0 fully saturated rings. The molecule has 0 heterocycles. The molecule has 0 aliphatic carbocycles. The number of carbonyl (C=O) groups is 2. The number of rotatable bonds is 4. The normalized spacial score (nSPS) is 10.8. The summed E-state index contributed by atoms with van der Waals surface area (Å²) in [6.07, 6.45) is 0. The lowest BCUT2D eigenvalue weighted by Crippen LogP contribution is -2.13. The van der Waals surface area contributed by atoms with Crippen LogP contribution in [0, 0.1) is 23.3 Å². The summed E-state index contributed by atoms with van der Waals surface area (Å²) in [6, 6.07) is 15.1. The molecule has 0 aliphatic rings. The Kier molecular flexibility index (Phi) is 5.59. The van der Waals surface area contributed by atoms with Gasteiger partial charge < -0.3 is 9.47 Å². The predicted octanol–water partition coefficient (Wildman–Crippen LogP) is 5.83. The highest BCUT2D eigenvalue weighted by atomic mass is 19.2. The Labute approximate surface area is 178 Å². The molecule has 4 nitrogen and oxygen atoms in total. The van der Waals surface area contributed by atoms with Crippen molar-refractivity contribution in [2.45, 2.75) is 0 Å². The van der Waals surface area contributed by atoms with Gasteiger partial charge in [0.05, 0.1) is 11.1 Å². The van der Waals surface area contributed by atoms with Gasteiger partial charge in [-0.15, -0.1) is 0 Å². The molecule has 32 heavy (non-hydrogen) atoms.